The first-order valence-corrected chi connectivity index (χ1v) is 10.4. The van der Waals surface area contributed by atoms with E-state index in [1.807, 2.05) is 17.0 Å². The first kappa shape index (κ1) is 20.9. The maximum absolute atomic E-state index is 12.9. The number of rotatable bonds is 6. The number of methoxy groups -OCH3 is 1. The van der Waals surface area contributed by atoms with Gasteiger partial charge in [0.15, 0.2) is 0 Å². The van der Waals surface area contributed by atoms with E-state index in [9.17, 15) is 9.59 Å². The summed E-state index contributed by atoms with van der Waals surface area (Å²) in [7, 11) is 1.57. The number of hydrogen-bond acceptors (Lipinski definition) is 3. The Morgan fingerprint density at radius 1 is 1.00 bits per heavy atom. The molecule has 0 saturated carbocycles. The van der Waals surface area contributed by atoms with Crippen molar-refractivity contribution in [1.29, 1.82) is 0 Å². The summed E-state index contributed by atoms with van der Waals surface area (Å²) in [6.07, 6.45) is 3.11. The summed E-state index contributed by atoms with van der Waals surface area (Å²) in [5.41, 5.74) is 3.88. The number of carbonyl (C=O) groups excluding carboxylic acids is 2. The number of carbonyl (C=O) groups is 2. The van der Waals surface area contributed by atoms with E-state index in [0.29, 0.717) is 37.2 Å². The molecule has 3 rings (SSSR count). The lowest BCUT2D eigenvalue weighted by molar-refractivity contribution is -0.121. The Balaban J connectivity index is 1.64. The van der Waals surface area contributed by atoms with Gasteiger partial charge in [-0.3, -0.25) is 9.59 Å². The zero-order chi connectivity index (χ0) is 20.8. The zero-order valence-corrected chi connectivity index (χ0v) is 17.5. The van der Waals surface area contributed by atoms with E-state index in [-0.39, 0.29) is 17.7 Å². The van der Waals surface area contributed by atoms with Crippen LogP contribution in [0.2, 0.25) is 0 Å². The lowest BCUT2D eigenvalue weighted by Crippen LogP contribution is -2.41. The van der Waals surface area contributed by atoms with Crippen LogP contribution in [0.5, 0.6) is 5.75 Å². The van der Waals surface area contributed by atoms with Crippen LogP contribution in [0.4, 0.5) is 5.69 Å². The average Bonchev–Trinajstić information content (AvgIpc) is 2.78. The van der Waals surface area contributed by atoms with E-state index in [2.05, 4.69) is 37.4 Å². The number of benzene rings is 2. The van der Waals surface area contributed by atoms with Gasteiger partial charge in [0.05, 0.1) is 12.7 Å². The molecule has 0 aromatic heterocycles. The molecule has 2 aromatic rings. The fourth-order valence-electron chi connectivity index (χ4n) is 3.96. The molecule has 0 spiro atoms. The quantitative estimate of drug-likeness (QED) is 0.794. The van der Waals surface area contributed by atoms with Crippen molar-refractivity contribution in [3.63, 3.8) is 0 Å². The summed E-state index contributed by atoms with van der Waals surface area (Å²) >= 11 is 0. The number of ether oxygens (including phenoxy) is 1. The van der Waals surface area contributed by atoms with Crippen LogP contribution in [-0.2, 0) is 17.6 Å². The van der Waals surface area contributed by atoms with Gasteiger partial charge in [-0.25, -0.2) is 0 Å². The number of aryl methyl sites for hydroxylation is 2. The molecule has 29 heavy (non-hydrogen) atoms. The second-order valence-corrected chi connectivity index (χ2v) is 7.41. The van der Waals surface area contributed by atoms with Gasteiger partial charge in [0, 0.05) is 24.7 Å². The third-order valence-corrected chi connectivity index (χ3v) is 5.74. The minimum atomic E-state index is -0.0775. The van der Waals surface area contributed by atoms with Crippen molar-refractivity contribution in [2.45, 2.75) is 39.5 Å². The minimum Gasteiger partial charge on any atom is -0.496 e. The maximum Gasteiger partial charge on any atom is 0.257 e. The molecule has 0 radical (unpaired) electrons. The molecule has 0 unspecified atom stereocenters. The molecule has 154 valence electrons. The summed E-state index contributed by atoms with van der Waals surface area (Å²) in [5.74, 6) is 0.530. The van der Waals surface area contributed by atoms with Gasteiger partial charge in [-0.1, -0.05) is 44.2 Å². The highest BCUT2D eigenvalue weighted by molar-refractivity contribution is 5.97. The van der Waals surface area contributed by atoms with Crippen LogP contribution in [0.15, 0.2) is 42.5 Å². The van der Waals surface area contributed by atoms with Crippen LogP contribution in [0.1, 0.15) is 48.2 Å². The molecule has 1 aliphatic rings. The van der Waals surface area contributed by atoms with E-state index >= 15 is 0 Å². The minimum absolute atomic E-state index is 0.0362. The fraction of sp³-hybridized carbons (Fsp3) is 0.417. The Morgan fingerprint density at radius 2 is 1.62 bits per heavy atom. The molecule has 1 fully saturated rings. The summed E-state index contributed by atoms with van der Waals surface area (Å²) < 4.78 is 5.32. The highest BCUT2D eigenvalue weighted by atomic mass is 16.5. The summed E-state index contributed by atoms with van der Waals surface area (Å²) in [5, 5.41) is 3.18. The van der Waals surface area contributed by atoms with Crippen LogP contribution in [0.25, 0.3) is 0 Å². The first-order chi connectivity index (χ1) is 14.1. The van der Waals surface area contributed by atoms with E-state index in [0.717, 1.165) is 18.5 Å². The topological polar surface area (TPSA) is 58.6 Å². The van der Waals surface area contributed by atoms with Gasteiger partial charge in [-0.15, -0.1) is 0 Å². The monoisotopic (exact) mass is 394 g/mol. The second-order valence-electron chi connectivity index (χ2n) is 7.41. The van der Waals surface area contributed by atoms with Crippen LogP contribution in [-0.4, -0.2) is 36.9 Å². The Hall–Kier alpha value is -2.82. The van der Waals surface area contributed by atoms with Gasteiger partial charge in [0.1, 0.15) is 5.75 Å². The normalized spacial score (nSPS) is 14.5. The number of likely N-dealkylation sites (tertiary alicyclic amines) is 1. The fourth-order valence-corrected chi connectivity index (χ4v) is 3.96. The molecule has 0 bridgehead atoms. The number of para-hydroxylation sites is 2. The molecule has 1 N–H and O–H groups in total. The van der Waals surface area contributed by atoms with Gasteiger partial charge >= 0.3 is 0 Å². The van der Waals surface area contributed by atoms with Gasteiger partial charge in [-0.2, -0.15) is 0 Å². The van der Waals surface area contributed by atoms with Gasteiger partial charge in [-0.05, 0) is 48.9 Å². The molecular formula is C24H30N2O3. The molecule has 0 aliphatic carbocycles. The highest BCUT2D eigenvalue weighted by Crippen LogP contribution is 2.27. The molecule has 0 atom stereocenters. The third-order valence-electron chi connectivity index (χ3n) is 5.74. The Bertz CT molecular complexity index is 848. The predicted octanol–water partition coefficient (Wildman–Crippen LogP) is 4.31. The number of anilines is 1. The Labute approximate surface area is 173 Å². The predicted molar refractivity (Wildman–Crippen MR) is 115 cm³/mol. The van der Waals surface area contributed by atoms with E-state index < -0.39 is 0 Å². The molecule has 2 amide bonds. The number of piperidine rings is 1. The molecule has 5 heteroatoms. The molecule has 1 aliphatic heterocycles. The van der Waals surface area contributed by atoms with E-state index in [1.54, 1.807) is 19.2 Å². The van der Waals surface area contributed by atoms with Crippen LogP contribution in [0.3, 0.4) is 0 Å². The average molecular weight is 395 g/mol. The number of nitrogens with zero attached hydrogens (tertiary/aromatic N) is 1. The van der Waals surface area contributed by atoms with Crippen molar-refractivity contribution in [3.05, 3.63) is 59.2 Å². The SMILES string of the molecule is CCc1cccc(CC)c1NC(=O)C1CCN(C(=O)c2ccccc2OC)CC1. The smallest absolute Gasteiger partial charge is 0.257 e. The number of amides is 2. The van der Waals surface area contributed by atoms with Crippen LogP contribution >= 0.6 is 0 Å². The summed E-state index contributed by atoms with van der Waals surface area (Å²) in [4.78, 5) is 27.6. The third kappa shape index (κ3) is 4.61. The van der Waals surface area contributed by atoms with Crippen molar-refractivity contribution in [3.8, 4) is 5.75 Å². The largest absolute Gasteiger partial charge is 0.496 e. The first-order valence-electron chi connectivity index (χ1n) is 10.4. The van der Waals surface area contributed by atoms with E-state index in [1.165, 1.54) is 11.1 Å². The number of nitrogens with one attached hydrogen (secondary N) is 1. The van der Waals surface area contributed by atoms with Crippen molar-refractivity contribution < 1.29 is 14.3 Å². The molecule has 2 aromatic carbocycles. The van der Waals surface area contributed by atoms with Gasteiger partial charge in [0.25, 0.3) is 5.91 Å². The molecule has 1 heterocycles. The van der Waals surface area contributed by atoms with Crippen molar-refractivity contribution in [2.75, 3.05) is 25.5 Å². The van der Waals surface area contributed by atoms with Crippen molar-refractivity contribution >= 4 is 17.5 Å². The molecule has 1 saturated heterocycles. The molecular weight excluding hydrogens is 364 g/mol. The standard InChI is InChI=1S/C24H30N2O3/c1-4-17-9-8-10-18(5-2)22(17)25-23(27)19-13-15-26(16-14-19)24(28)20-11-6-7-12-21(20)29-3/h6-12,19H,4-5,13-16H2,1-3H3,(H,25,27). The van der Waals surface area contributed by atoms with E-state index in [4.69, 9.17) is 4.74 Å². The van der Waals surface area contributed by atoms with Gasteiger partial charge in [0.2, 0.25) is 5.91 Å². The van der Waals surface area contributed by atoms with Crippen molar-refractivity contribution in [1.82, 2.24) is 4.90 Å². The lowest BCUT2D eigenvalue weighted by atomic mass is 9.94. The summed E-state index contributed by atoms with van der Waals surface area (Å²) in [6.45, 7) is 5.36. The Morgan fingerprint density at radius 3 is 2.21 bits per heavy atom. The number of hydrogen-bond donors (Lipinski definition) is 1. The maximum atomic E-state index is 12.9. The highest BCUT2D eigenvalue weighted by Gasteiger charge is 2.29. The second kappa shape index (κ2) is 9.59. The van der Waals surface area contributed by atoms with Crippen LogP contribution < -0.4 is 10.1 Å². The van der Waals surface area contributed by atoms with Gasteiger partial charge < -0.3 is 15.0 Å². The van der Waals surface area contributed by atoms with Crippen LogP contribution in [0, 0.1) is 5.92 Å². The lowest BCUT2D eigenvalue weighted by Gasteiger charge is -2.32. The van der Waals surface area contributed by atoms with Crippen molar-refractivity contribution in [2.24, 2.45) is 5.92 Å². The molecule has 5 nitrogen and oxygen atoms in total. The summed E-state index contributed by atoms with van der Waals surface area (Å²) in [6, 6.07) is 13.5. The Kier molecular flexibility index (Phi) is 6.91. The zero-order valence-electron chi connectivity index (χ0n) is 17.5.